The fourth-order valence-corrected chi connectivity index (χ4v) is 2.06. The highest BCUT2D eigenvalue weighted by Gasteiger charge is 2.09. The Bertz CT molecular complexity index is 612. The molecule has 0 saturated carbocycles. The van der Waals surface area contributed by atoms with Crippen LogP contribution in [0.25, 0.3) is 0 Å². The SMILES string of the molecule is O=C(CCC[C@H](O)c1ccc(F)cc1)Nc1ccc(F)cc1. The summed E-state index contributed by atoms with van der Waals surface area (Å²) >= 11 is 0. The number of aliphatic hydroxyl groups excluding tert-OH is 1. The second kappa shape index (κ2) is 7.66. The zero-order valence-electron chi connectivity index (χ0n) is 11.9. The Morgan fingerprint density at radius 2 is 1.55 bits per heavy atom. The zero-order chi connectivity index (χ0) is 15.9. The standard InChI is InChI=1S/C17H17F2NO2/c18-13-6-4-12(5-7-13)16(21)2-1-3-17(22)20-15-10-8-14(19)9-11-15/h4-11,16,21H,1-3H2,(H,20,22)/t16-/m0/s1. The first kappa shape index (κ1) is 16.1. The van der Waals surface area contributed by atoms with Crippen LogP contribution >= 0.6 is 0 Å². The number of halogens is 2. The van der Waals surface area contributed by atoms with Crippen LogP contribution in [0.4, 0.5) is 14.5 Å². The smallest absolute Gasteiger partial charge is 0.224 e. The van der Waals surface area contributed by atoms with E-state index in [4.69, 9.17) is 0 Å². The maximum Gasteiger partial charge on any atom is 0.224 e. The van der Waals surface area contributed by atoms with E-state index in [1.165, 1.54) is 48.5 Å². The summed E-state index contributed by atoms with van der Waals surface area (Å²) in [5, 5.41) is 12.6. The molecule has 1 amide bonds. The number of amides is 1. The van der Waals surface area contributed by atoms with E-state index in [-0.39, 0.29) is 24.0 Å². The summed E-state index contributed by atoms with van der Waals surface area (Å²) in [6.07, 6.45) is 0.420. The number of carbonyl (C=O) groups excluding carboxylic acids is 1. The number of aliphatic hydroxyl groups is 1. The summed E-state index contributed by atoms with van der Waals surface area (Å²) < 4.78 is 25.5. The maximum atomic E-state index is 12.8. The van der Waals surface area contributed by atoms with Gasteiger partial charge in [-0.15, -0.1) is 0 Å². The molecule has 2 aromatic carbocycles. The lowest BCUT2D eigenvalue weighted by Crippen LogP contribution is -2.11. The number of nitrogens with one attached hydrogen (secondary N) is 1. The minimum atomic E-state index is -0.723. The first-order valence-corrected chi connectivity index (χ1v) is 7.03. The Morgan fingerprint density at radius 1 is 1.00 bits per heavy atom. The molecule has 0 aromatic heterocycles. The van der Waals surface area contributed by atoms with Gasteiger partial charge in [-0.05, 0) is 54.8 Å². The molecule has 2 rings (SSSR count). The molecule has 0 radical (unpaired) electrons. The van der Waals surface area contributed by atoms with Crippen molar-refractivity contribution < 1.29 is 18.7 Å². The predicted octanol–water partition coefficient (Wildman–Crippen LogP) is 3.81. The van der Waals surface area contributed by atoms with Crippen LogP contribution in [-0.4, -0.2) is 11.0 Å². The fraction of sp³-hybridized carbons (Fsp3) is 0.235. The van der Waals surface area contributed by atoms with Crippen molar-refractivity contribution in [3.05, 3.63) is 65.7 Å². The molecule has 0 aliphatic carbocycles. The van der Waals surface area contributed by atoms with E-state index >= 15 is 0 Å². The van der Waals surface area contributed by atoms with E-state index in [1.54, 1.807) is 0 Å². The van der Waals surface area contributed by atoms with E-state index in [2.05, 4.69) is 5.32 Å². The molecule has 0 aliphatic heterocycles. The van der Waals surface area contributed by atoms with Gasteiger partial charge in [0, 0.05) is 12.1 Å². The van der Waals surface area contributed by atoms with Gasteiger partial charge in [0.2, 0.25) is 5.91 Å². The molecule has 0 aliphatic rings. The van der Waals surface area contributed by atoms with E-state index in [0.29, 0.717) is 24.1 Å². The van der Waals surface area contributed by atoms with Crippen molar-refractivity contribution in [3.8, 4) is 0 Å². The molecule has 116 valence electrons. The van der Waals surface area contributed by atoms with Crippen molar-refractivity contribution in [1.29, 1.82) is 0 Å². The number of hydrogen-bond donors (Lipinski definition) is 2. The minimum Gasteiger partial charge on any atom is -0.388 e. The van der Waals surface area contributed by atoms with Gasteiger partial charge in [0.15, 0.2) is 0 Å². The molecule has 2 N–H and O–H groups in total. The third-order valence-electron chi connectivity index (χ3n) is 3.26. The molecule has 1 atom stereocenters. The van der Waals surface area contributed by atoms with E-state index < -0.39 is 6.10 Å². The largest absolute Gasteiger partial charge is 0.388 e. The second-order valence-electron chi connectivity index (χ2n) is 5.01. The molecule has 0 saturated heterocycles. The number of rotatable bonds is 6. The minimum absolute atomic E-state index is 0.196. The Kier molecular flexibility index (Phi) is 5.61. The van der Waals surface area contributed by atoms with E-state index in [9.17, 15) is 18.7 Å². The Morgan fingerprint density at radius 3 is 2.14 bits per heavy atom. The maximum absolute atomic E-state index is 12.8. The number of anilines is 1. The average molecular weight is 305 g/mol. The lowest BCUT2D eigenvalue weighted by atomic mass is 10.0. The van der Waals surface area contributed by atoms with Gasteiger partial charge in [0.05, 0.1) is 6.10 Å². The first-order chi connectivity index (χ1) is 10.5. The normalized spacial score (nSPS) is 12.0. The number of hydrogen-bond acceptors (Lipinski definition) is 2. The van der Waals surface area contributed by atoms with Gasteiger partial charge < -0.3 is 10.4 Å². The van der Waals surface area contributed by atoms with Gasteiger partial charge in [-0.25, -0.2) is 8.78 Å². The van der Waals surface area contributed by atoms with Gasteiger partial charge in [-0.2, -0.15) is 0 Å². The van der Waals surface area contributed by atoms with Crippen molar-refractivity contribution in [2.24, 2.45) is 0 Å². The molecule has 0 unspecified atom stereocenters. The van der Waals surface area contributed by atoms with Crippen LogP contribution in [0.15, 0.2) is 48.5 Å². The molecule has 0 heterocycles. The van der Waals surface area contributed by atoms with Crippen molar-refractivity contribution in [2.45, 2.75) is 25.4 Å². The molecule has 0 spiro atoms. The highest BCUT2D eigenvalue weighted by Crippen LogP contribution is 2.19. The first-order valence-electron chi connectivity index (χ1n) is 7.03. The zero-order valence-corrected chi connectivity index (χ0v) is 11.9. The van der Waals surface area contributed by atoms with E-state index in [1.807, 2.05) is 0 Å². The van der Waals surface area contributed by atoms with Crippen LogP contribution in [0.5, 0.6) is 0 Å². The third-order valence-corrected chi connectivity index (χ3v) is 3.26. The Balaban J connectivity index is 1.74. The lowest BCUT2D eigenvalue weighted by molar-refractivity contribution is -0.116. The van der Waals surface area contributed by atoms with Crippen molar-refractivity contribution >= 4 is 11.6 Å². The highest BCUT2D eigenvalue weighted by atomic mass is 19.1. The van der Waals surface area contributed by atoms with Crippen LogP contribution in [-0.2, 0) is 4.79 Å². The summed E-state index contributed by atoms with van der Waals surface area (Å²) in [5.41, 5.74) is 1.16. The molecule has 2 aromatic rings. The molecule has 0 fully saturated rings. The summed E-state index contributed by atoms with van der Waals surface area (Å²) in [7, 11) is 0. The average Bonchev–Trinajstić information content (AvgIpc) is 2.50. The second-order valence-corrected chi connectivity index (χ2v) is 5.01. The summed E-state index contributed by atoms with van der Waals surface area (Å²) in [6.45, 7) is 0. The molecule has 5 heteroatoms. The molecular formula is C17H17F2NO2. The predicted molar refractivity (Wildman–Crippen MR) is 80.2 cm³/mol. The Labute approximate surface area is 127 Å². The summed E-state index contributed by atoms with van der Waals surface area (Å²) in [6, 6.07) is 11.2. The van der Waals surface area contributed by atoms with Gasteiger partial charge >= 0.3 is 0 Å². The Hall–Kier alpha value is -2.27. The van der Waals surface area contributed by atoms with Crippen molar-refractivity contribution in [1.82, 2.24) is 0 Å². The van der Waals surface area contributed by atoms with Crippen LogP contribution in [0.1, 0.15) is 30.9 Å². The topological polar surface area (TPSA) is 49.3 Å². The molecule has 0 bridgehead atoms. The summed E-state index contributed by atoms with van der Waals surface area (Å²) in [5.74, 6) is -0.909. The molecule has 3 nitrogen and oxygen atoms in total. The lowest BCUT2D eigenvalue weighted by Gasteiger charge is -2.11. The van der Waals surface area contributed by atoms with Crippen LogP contribution in [0.3, 0.4) is 0 Å². The van der Waals surface area contributed by atoms with E-state index in [0.717, 1.165) is 0 Å². The third kappa shape index (κ3) is 4.93. The molecule has 22 heavy (non-hydrogen) atoms. The van der Waals surface area contributed by atoms with Gasteiger partial charge in [0.25, 0.3) is 0 Å². The monoisotopic (exact) mass is 305 g/mol. The van der Waals surface area contributed by atoms with Crippen LogP contribution in [0, 0.1) is 11.6 Å². The van der Waals surface area contributed by atoms with Gasteiger partial charge in [-0.3, -0.25) is 4.79 Å². The van der Waals surface area contributed by atoms with Crippen molar-refractivity contribution in [2.75, 3.05) is 5.32 Å². The number of carbonyl (C=O) groups is 1. The van der Waals surface area contributed by atoms with Crippen LogP contribution < -0.4 is 5.32 Å². The fourth-order valence-electron chi connectivity index (χ4n) is 2.06. The quantitative estimate of drug-likeness (QED) is 0.852. The summed E-state index contributed by atoms with van der Waals surface area (Å²) in [4.78, 5) is 11.7. The van der Waals surface area contributed by atoms with Gasteiger partial charge in [0.1, 0.15) is 11.6 Å². The highest BCUT2D eigenvalue weighted by molar-refractivity contribution is 5.90. The van der Waals surface area contributed by atoms with Crippen molar-refractivity contribution in [3.63, 3.8) is 0 Å². The van der Waals surface area contributed by atoms with Crippen LogP contribution in [0.2, 0.25) is 0 Å². The number of benzene rings is 2. The van der Waals surface area contributed by atoms with Gasteiger partial charge in [-0.1, -0.05) is 12.1 Å². The molecular weight excluding hydrogens is 288 g/mol.